The molecule has 5 N–H and O–H groups in total. The summed E-state index contributed by atoms with van der Waals surface area (Å²) < 4.78 is 0. The van der Waals surface area contributed by atoms with Crippen LogP contribution in [-0.4, -0.2) is 26.2 Å². The minimum atomic E-state index is -2.09. The zero-order chi connectivity index (χ0) is 10.7. The Kier molecular flexibility index (Phi) is 4.58. The lowest BCUT2D eigenvalue weighted by atomic mass is 9.96. The van der Waals surface area contributed by atoms with Crippen LogP contribution in [0.1, 0.15) is 20.3 Å². The van der Waals surface area contributed by atoms with Crippen LogP contribution in [0.15, 0.2) is 0 Å². The van der Waals surface area contributed by atoms with E-state index in [0.717, 1.165) is 6.42 Å². The van der Waals surface area contributed by atoms with Crippen molar-refractivity contribution in [2.24, 2.45) is 17.4 Å². The van der Waals surface area contributed by atoms with Gasteiger partial charge in [-0.3, -0.25) is 0 Å². The molecular weight excluding hydrogens is 180 g/mol. The Hall–Kier alpha value is 0.0969. The van der Waals surface area contributed by atoms with Crippen LogP contribution >= 0.6 is 0 Å². The van der Waals surface area contributed by atoms with Crippen LogP contribution in [0, 0.1) is 5.92 Å². The molecule has 0 unspecified atom stereocenters. The number of hydrogen-bond acceptors (Lipinski definition) is 3. The zero-order valence-electron chi connectivity index (χ0n) is 9.30. The van der Waals surface area contributed by atoms with Crippen molar-refractivity contribution < 1.29 is 4.80 Å². The molecule has 0 aromatic rings. The van der Waals surface area contributed by atoms with Crippen LogP contribution < -0.4 is 11.5 Å². The van der Waals surface area contributed by atoms with Gasteiger partial charge in [0.2, 0.25) is 0 Å². The lowest BCUT2D eigenvalue weighted by Crippen LogP contribution is -2.42. The Morgan fingerprint density at radius 1 is 1.23 bits per heavy atom. The van der Waals surface area contributed by atoms with E-state index in [1.165, 1.54) is 0 Å². The molecule has 80 valence electrons. The van der Waals surface area contributed by atoms with Crippen molar-refractivity contribution in [3.05, 3.63) is 0 Å². The molecule has 3 nitrogen and oxygen atoms in total. The van der Waals surface area contributed by atoms with Crippen LogP contribution in [-0.2, 0) is 0 Å². The topological polar surface area (TPSA) is 72.3 Å². The van der Waals surface area contributed by atoms with Gasteiger partial charge >= 0.3 is 0 Å². The van der Waals surface area contributed by atoms with Crippen molar-refractivity contribution in [1.29, 1.82) is 0 Å². The molecule has 0 aliphatic carbocycles. The summed E-state index contributed by atoms with van der Waals surface area (Å²) in [5.74, 6) is 0.342. The second kappa shape index (κ2) is 4.55. The third-order valence-electron chi connectivity index (χ3n) is 3.12. The van der Waals surface area contributed by atoms with Crippen molar-refractivity contribution in [3.63, 3.8) is 0 Å². The molecule has 0 saturated carbocycles. The standard InChI is InChI=1S/C9H24N2OSi/c1-9(2,13(3,4)12)5-8(6-10)7-11/h8,12H,5-7,10-11H2,1-4H3. The Morgan fingerprint density at radius 2 is 1.62 bits per heavy atom. The highest BCUT2D eigenvalue weighted by atomic mass is 28.4. The molecule has 4 heteroatoms. The molecule has 0 radical (unpaired) electrons. The first kappa shape index (κ1) is 13.1. The van der Waals surface area contributed by atoms with Crippen molar-refractivity contribution in [2.45, 2.75) is 38.4 Å². The fourth-order valence-electron chi connectivity index (χ4n) is 1.23. The Labute approximate surface area is 82.6 Å². The summed E-state index contributed by atoms with van der Waals surface area (Å²) in [5, 5.41) is -0.00356. The maximum Gasteiger partial charge on any atom is 0.188 e. The van der Waals surface area contributed by atoms with E-state index >= 15 is 0 Å². The summed E-state index contributed by atoms with van der Waals surface area (Å²) in [6, 6.07) is 0. The second-order valence-corrected chi connectivity index (χ2v) is 9.46. The lowest BCUT2D eigenvalue weighted by molar-refractivity contribution is 0.383. The van der Waals surface area contributed by atoms with E-state index in [1.54, 1.807) is 0 Å². The van der Waals surface area contributed by atoms with Crippen LogP contribution in [0.3, 0.4) is 0 Å². The van der Waals surface area contributed by atoms with Gasteiger partial charge in [0, 0.05) is 0 Å². The van der Waals surface area contributed by atoms with Gasteiger partial charge in [-0.2, -0.15) is 0 Å². The predicted molar refractivity (Wildman–Crippen MR) is 60.0 cm³/mol. The van der Waals surface area contributed by atoms with Crippen LogP contribution in [0.2, 0.25) is 18.1 Å². The molecule has 13 heavy (non-hydrogen) atoms. The summed E-state index contributed by atoms with van der Waals surface area (Å²) in [6.45, 7) is 9.39. The molecule has 0 rings (SSSR count). The quantitative estimate of drug-likeness (QED) is 0.582. The largest absolute Gasteiger partial charge is 0.432 e. The molecule has 0 aromatic heterocycles. The highest BCUT2D eigenvalue weighted by molar-refractivity contribution is 6.72. The molecule has 0 aliphatic rings. The number of nitrogens with two attached hydrogens (primary N) is 2. The SMILES string of the molecule is CC(C)(CC(CN)CN)[Si](C)(C)O. The molecule has 0 fully saturated rings. The van der Waals surface area contributed by atoms with E-state index in [-0.39, 0.29) is 5.04 Å². The average Bonchev–Trinajstić information content (AvgIpc) is 1.98. The van der Waals surface area contributed by atoms with Crippen LogP contribution in [0.4, 0.5) is 0 Å². The number of rotatable bonds is 5. The van der Waals surface area contributed by atoms with Gasteiger partial charge in [-0.1, -0.05) is 13.8 Å². The van der Waals surface area contributed by atoms with Gasteiger partial charge in [0.05, 0.1) is 0 Å². The van der Waals surface area contributed by atoms with Gasteiger partial charge in [-0.15, -0.1) is 0 Å². The molecule has 0 saturated heterocycles. The Bertz CT molecular complexity index is 150. The predicted octanol–water partition coefficient (Wildman–Crippen LogP) is 0.888. The van der Waals surface area contributed by atoms with Crippen LogP contribution in [0.5, 0.6) is 0 Å². The van der Waals surface area contributed by atoms with E-state index in [4.69, 9.17) is 11.5 Å². The highest BCUT2D eigenvalue weighted by Gasteiger charge is 2.38. The maximum absolute atomic E-state index is 10.0. The normalized spacial score (nSPS) is 13.8. The molecule has 0 aromatic carbocycles. The third-order valence-corrected chi connectivity index (χ3v) is 6.64. The lowest BCUT2D eigenvalue weighted by Gasteiger charge is -2.37. The van der Waals surface area contributed by atoms with E-state index in [2.05, 4.69) is 13.8 Å². The highest BCUT2D eigenvalue weighted by Crippen LogP contribution is 2.40. The first-order chi connectivity index (χ1) is 5.74. The first-order valence-corrected chi connectivity index (χ1v) is 7.82. The van der Waals surface area contributed by atoms with Gasteiger partial charge in [0.15, 0.2) is 8.32 Å². The van der Waals surface area contributed by atoms with Crippen LogP contribution in [0.25, 0.3) is 0 Å². The minimum Gasteiger partial charge on any atom is -0.432 e. The van der Waals surface area contributed by atoms with Gasteiger partial charge in [0.1, 0.15) is 0 Å². The molecule has 0 bridgehead atoms. The molecule has 0 amide bonds. The molecule has 0 spiro atoms. The summed E-state index contributed by atoms with van der Waals surface area (Å²) >= 11 is 0. The molecular formula is C9H24N2OSi. The minimum absolute atomic E-state index is 0.00356. The summed E-state index contributed by atoms with van der Waals surface area (Å²) in [4.78, 5) is 10.0. The van der Waals surface area contributed by atoms with Crippen molar-refractivity contribution in [3.8, 4) is 0 Å². The third kappa shape index (κ3) is 3.77. The van der Waals surface area contributed by atoms with E-state index in [1.807, 2.05) is 13.1 Å². The van der Waals surface area contributed by atoms with Gasteiger partial charge in [-0.05, 0) is 43.6 Å². The summed E-state index contributed by atoms with van der Waals surface area (Å²) in [7, 11) is -2.09. The maximum atomic E-state index is 10.0. The van der Waals surface area contributed by atoms with E-state index in [0.29, 0.717) is 19.0 Å². The Morgan fingerprint density at radius 3 is 1.85 bits per heavy atom. The average molecular weight is 204 g/mol. The smallest absolute Gasteiger partial charge is 0.188 e. The van der Waals surface area contributed by atoms with Gasteiger partial charge in [0.25, 0.3) is 0 Å². The first-order valence-electron chi connectivity index (χ1n) is 4.87. The van der Waals surface area contributed by atoms with Crippen molar-refractivity contribution in [2.75, 3.05) is 13.1 Å². The van der Waals surface area contributed by atoms with Gasteiger partial charge < -0.3 is 16.3 Å². The summed E-state index contributed by atoms with van der Waals surface area (Å²) in [6.07, 6.45) is 0.926. The van der Waals surface area contributed by atoms with E-state index < -0.39 is 8.32 Å². The van der Waals surface area contributed by atoms with Crippen molar-refractivity contribution in [1.82, 2.24) is 0 Å². The fourth-order valence-corrected chi connectivity index (χ4v) is 2.02. The zero-order valence-corrected chi connectivity index (χ0v) is 10.3. The van der Waals surface area contributed by atoms with E-state index in [9.17, 15) is 4.80 Å². The number of hydrogen-bond donors (Lipinski definition) is 3. The molecule has 0 heterocycles. The molecule has 0 aliphatic heterocycles. The fraction of sp³-hybridized carbons (Fsp3) is 1.00. The Balaban J connectivity index is 4.31. The summed E-state index contributed by atoms with van der Waals surface area (Å²) in [5.41, 5.74) is 11.2. The van der Waals surface area contributed by atoms with Crippen molar-refractivity contribution >= 4 is 8.32 Å². The molecule has 0 atom stereocenters. The second-order valence-electron chi connectivity index (χ2n) is 4.98. The monoisotopic (exact) mass is 204 g/mol. The van der Waals surface area contributed by atoms with Gasteiger partial charge in [-0.25, -0.2) is 0 Å².